The van der Waals surface area contributed by atoms with Gasteiger partial charge in [0, 0.05) is 62.7 Å². The van der Waals surface area contributed by atoms with Crippen LogP contribution in [0.15, 0.2) is 24.5 Å². The van der Waals surface area contributed by atoms with Crippen molar-refractivity contribution in [2.45, 2.75) is 38.4 Å². The zero-order valence-corrected chi connectivity index (χ0v) is 15.3. The molecule has 6 heteroatoms. The van der Waals surface area contributed by atoms with E-state index in [1.54, 1.807) is 0 Å². The van der Waals surface area contributed by atoms with Crippen LogP contribution in [-0.4, -0.2) is 70.5 Å². The highest BCUT2D eigenvalue weighted by Gasteiger charge is 2.26. The highest BCUT2D eigenvalue weighted by molar-refractivity contribution is 7.99. The van der Waals surface area contributed by atoms with Crippen molar-refractivity contribution in [2.75, 3.05) is 37.7 Å². The molecule has 2 fully saturated rings. The molecule has 0 saturated carbocycles. The third kappa shape index (κ3) is 4.94. The molecule has 3 rings (SSSR count). The van der Waals surface area contributed by atoms with Crippen molar-refractivity contribution in [1.82, 2.24) is 20.1 Å². The number of amides is 1. The summed E-state index contributed by atoms with van der Waals surface area (Å²) in [6, 6.07) is 4.44. The van der Waals surface area contributed by atoms with Gasteiger partial charge in [0.1, 0.15) is 0 Å². The van der Waals surface area contributed by atoms with E-state index in [9.17, 15) is 4.79 Å². The van der Waals surface area contributed by atoms with Crippen molar-refractivity contribution < 1.29 is 4.79 Å². The van der Waals surface area contributed by atoms with Crippen molar-refractivity contribution in [3.8, 4) is 0 Å². The van der Waals surface area contributed by atoms with Gasteiger partial charge < -0.3 is 5.32 Å². The SMILES string of the molecule is CC(C(=O)NC1CCN(Cc2cccnc2)CC1)N1CCSCC1. The van der Waals surface area contributed by atoms with E-state index in [-0.39, 0.29) is 11.9 Å². The normalized spacial score (nSPS) is 22.2. The molecule has 0 spiro atoms. The summed E-state index contributed by atoms with van der Waals surface area (Å²) in [5, 5.41) is 3.27. The summed E-state index contributed by atoms with van der Waals surface area (Å²) in [7, 11) is 0. The molecule has 3 heterocycles. The van der Waals surface area contributed by atoms with Crippen molar-refractivity contribution >= 4 is 17.7 Å². The molecule has 1 N–H and O–H groups in total. The summed E-state index contributed by atoms with van der Waals surface area (Å²) in [6.45, 7) is 7.13. The highest BCUT2D eigenvalue weighted by atomic mass is 32.2. The maximum Gasteiger partial charge on any atom is 0.237 e. The topological polar surface area (TPSA) is 48.5 Å². The number of nitrogens with zero attached hydrogens (tertiary/aromatic N) is 3. The standard InChI is InChI=1S/C18H28N4OS/c1-15(22-9-11-24-12-10-22)18(23)20-17-4-7-21(8-5-17)14-16-3-2-6-19-13-16/h2-3,6,13,15,17H,4-5,7-12,14H2,1H3,(H,20,23). The van der Waals surface area contributed by atoms with E-state index < -0.39 is 0 Å². The molecular formula is C18H28N4OS. The second kappa shape index (κ2) is 8.83. The van der Waals surface area contributed by atoms with E-state index in [1.807, 2.05) is 37.1 Å². The maximum absolute atomic E-state index is 12.5. The molecule has 1 atom stereocenters. The monoisotopic (exact) mass is 348 g/mol. The zero-order valence-electron chi connectivity index (χ0n) is 14.5. The fourth-order valence-electron chi connectivity index (χ4n) is 3.44. The number of aromatic nitrogens is 1. The number of pyridine rings is 1. The quantitative estimate of drug-likeness (QED) is 0.876. The predicted octanol–water partition coefficient (Wildman–Crippen LogP) is 1.60. The Kier molecular flexibility index (Phi) is 6.51. The Hall–Kier alpha value is -1.11. The van der Waals surface area contributed by atoms with Gasteiger partial charge in [0.25, 0.3) is 0 Å². The van der Waals surface area contributed by atoms with E-state index in [0.717, 1.165) is 57.1 Å². The average molecular weight is 349 g/mol. The lowest BCUT2D eigenvalue weighted by atomic mass is 10.0. The first-order valence-corrected chi connectivity index (χ1v) is 10.1. The molecular weight excluding hydrogens is 320 g/mol. The third-order valence-corrected chi connectivity index (χ3v) is 5.98. The Morgan fingerprint density at radius 2 is 2.08 bits per heavy atom. The maximum atomic E-state index is 12.5. The van der Waals surface area contributed by atoms with Crippen LogP contribution in [-0.2, 0) is 11.3 Å². The van der Waals surface area contributed by atoms with Crippen LogP contribution in [0.25, 0.3) is 0 Å². The highest BCUT2D eigenvalue weighted by Crippen LogP contribution is 2.15. The Labute approximate surface area is 149 Å². The van der Waals surface area contributed by atoms with Gasteiger partial charge in [-0.2, -0.15) is 11.8 Å². The van der Waals surface area contributed by atoms with Gasteiger partial charge in [-0.05, 0) is 31.4 Å². The number of hydrogen-bond donors (Lipinski definition) is 1. The van der Waals surface area contributed by atoms with Gasteiger partial charge in [-0.1, -0.05) is 6.07 Å². The largest absolute Gasteiger partial charge is 0.352 e. The van der Waals surface area contributed by atoms with Crippen LogP contribution in [0.3, 0.4) is 0 Å². The summed E-state index contributed by atoms with van der Waals surface area (Å²) < 4.78 is 0. The summed E-state index contributed by atoms with van der Waals surface area (Å²) in [4.78, 5) is 21.4. The fraction of sp³-hybridized carbons (Fsp3) is 0.667. The molecule has 1 amide bonds. The number of likely N-dealkylation sites (tertiary alicyclic amines) is 1. The van der Waals surface area contributed by atoms with Gasteiger partial charge in [0.15, 0.2) is 0 Å². The van der Waals surface area contributed by atoms with Crippen LogP contribution < -0.4 is 5.32 Å². The second-order valence-electron chi connectivity index (χ2n) is 6.74. The Morgan fingerprint density at radius 3 is 2.75 bits per heavy atom. The summed E-state index contributed by atoms with van der Waals surface area (Å²) >= 11 is 1.98. The van der Waals surface area contributed by atoms with E-state index in [0.29, 0.717) is 6.04 Å². The number of rotatable bonds is 5. The van der Waals surface area contributed by atoms with Crippen LogP contribution in [0.1, 0.15) is 25.3 Å². The minimum atomic E-state index is -0.000627. The number of carbonyl (C=O) groups excluding carboxylic acids is 1. The molecule has 24 heavy (non-hydrogen) atoms. The lowest BCUT2D eigenvalue weighted by molar-refractivity contribution is -0.126. The molecule has 1 aromatic heterocycles. The lowest BCUT2D eigenvalue weighted by Gasteiger charge is -2.35. The van der Waals surface area contributed by atoms with Gasteiger partial charge in [0.2, 0.25) is 5.91 Å². The smallest absolute Gasteiger partial charge is 0.237 e. The van der Waals surface area contributed by atoms with Gasteiger partial charge in [-0.3, -0.25) is 19.6 Å². The average Bonchev–Trinajstić information content (AvgIpc) is 2.64. The van der Waals surface area contributed by atoms with Crippen LogP contribution in [0, 0.1) is 0 Å². The first-order valence-electron chi connectivity index (χ1n) is 8.96. The summed E-state index contributed by atoms with van der Waals surface area (Å²) in [5.74, 6) is 2.49. The number of hydrogen-bond acceptors (Lipinski definition) is 5. The molecule has 2 saturated heterocycles. The number of piperidine rings is 1. The van der Waals surface area contributed by atoms with Crippen LogP contribution in [0.2, 0.25) is 0 Å². The minimum absolute atomic E-state index is 0.000627. The Balaban J connectivity index is 1.40. The Morgan fingerprint density at radius 1 is 1.33 bits per heavy atom. The summed E-state index contributed by atoms with van der Waals surface area (Å²) in [6.07, 6.45) is 5.82. The zero-order chi connectivity index (χ0) is 16.8. The summed E-state index contributed by atoms with van der Waals surface area (Å²) in [5.41, 5.74) is 1.26. The molecule has 0 bridgehead atoms. The number of thioether (sulfide) groups is 1. The van der Waals surface area contributed by atoms with Gasteiger partial charge >= 0.3 is 0 Å². The van der Waals surface area contributed by atoms with Crippen LogP contribution in [0.4, 0.5) is 0 Å². The molecule has 5 nitrogen and oxygen atoms in total. The van der Waals surface area contributed by atoms with Crippen molar-refractivity contribution in [3.05, 3.63) is 30.1 Å². The molecule has 1 unspecified atom stereocenters. The molecule has 2 aliphatic rings. The second-order valence-corrected chi connectivity index (χ2v) is 7.97. The molecule has 0 aromatic carbocycles. The lowest BCUT2D eigenvalue weighted by Crippen LogP contribution is -2.52. The molecule has 1 aromatic rings. The van der Waals surface area contributed by atoms with Crippen LogP contribution >= 0.6 is 11.8 Å². The molecule has 0 radical (unpaired) electrons. The minimum Gasteiger partial charge on any atom is -0.352 e. The van der Waals surface area contributed by atoms with Gasteiger partial charge in [0.05, 0.1) is 6.04 Å². The van der Waals surface area contributed by atoms with E-state index in [1.165, 1.54) is 5.56 Å². The van der Waals surface area contributed by atoms with Crippen LogP contribution in [0.5, 0.6) is 0 Å². The molecule has 0 aliphatic carbocycles. The van der Waals surface area contributed by atoms with Crippen molar-refractivity contribution in [1.29, 1.82) is 0 Å². The number of nitrogens with one attached hydrogen (secondary N) is 1. The molecule has 2 aliphatic heterocycles. The molecule has 132 valence electrons. The van der Waals surface area contributed by atoms with Gasteiger partial charge in [-0.15, -0.1) is 0 Å². The van der Waals surface area contributed by atoms with E-state index in [2.05, 4.69) is 26.2 Å². The first kappa shape index (κ1) is 17.7. The van der Waals surface area contributed by atoms with E-state index >= 15 is 0 Å². The fourth-order valence-corrected chi connectivity index (χ4v) is 4.37. The van der Waals surface area contributed by atoms with E-state index in [4.69, 9.17) is 0 Å². The van der Waals surface area contributed by atoms with Gasteiger partial charge in [-0.25, -0.2) is 0 Å². The first-order chi connectivity index (χ1) is 11.7. The van der Waals surface area contributed by atoms with Crippen molar-refractivity contribution in [2.24, 2.45) is 0 Å². The van der Waals surface area contributed by atoms with Crippen molar-refractivity contribution in [3.63, 3.8) is 0 Å². The predicted molar refractivity (Wildman–Crippen MR) is 99.0 cm³/mol. The Bertz CT molecular complexity index is 513. The third-order valence-electron chi connectivity index (χ3n) is 5.04. The number of carbonyl (C=O) groups is 1.